The van der Waals surface area contributed by atoms with Crippen LogP contribution in [0.5, 0.6) is 0 Å². The first kappa shape index (κ1) is 7.32. The van der Waals surface area contributed by atoms with Crippen molar-refractivity contribution in [1.82, 2.24) is 8.58 Å². The molecular formula is C7H7BrN2. The summed E-state index contributed by atoms with van der Waals surface area (Å²) in [6, 6.07) is 0. The molecule has 2 nitrogen and oxygen atoms in total. The molecule has 0 fully saturated rings. The Kier molecular flexibility index (Phi) is 2.10. The highest BCUT2D eigenvalue weighted by Crippen LogP contribution is 2.05. The molecule has 3 heteroatoms. The molecule has 0 unspecified atom stereocenters. The average molecular weight is 199 g/mol. The molecule has 0 saturated heterocycles. The fraction of sp³-hybridized carbons (Fsp3) is 0.143. The number of halogens is 1. The van der Waals surface area contributed by atoms with Crippen molar-refractivity contribution >= 4 is 22.2 Å². The molecule has 0 N–H and O–H groups in total. The summed E-state index contributed by atoms with van der Waals surface area (Å²) in [5.41, 5.74) is 3.52. The van der Waals surface area contributed by atoms with Gasteiger partial charge >= 0.3 is 0 Å². The van der Waals surface area contributed by atoms with Crippen LogP contribution >= 0.6 is 16.1 Å². The van der Waals surface area contributed by atoms with Crippen LogP contribution in [0.2, 0.25) is 0 Å². The van der Waals surface area contributed by atoms with Gasteiger partial charge in [0.1, 0.15) is 5.82 Å². The average Bonchev–Trinajstić information content (AvgIpc) is 2.14. The minimum atomic E-state index is 0.865. The highest BCUT2D eigenvalue weighted by atomic mass is 79.9. The van der Waals surface area contributed by atoms with Crippen LogP contribution in [-0.2, 0) is 0 Å². The predicted octanol–water partition coefficient (Wildman–Crippen LogP) is 2.15. The van der Waals surface area contributed by atoms with Crippen molar-refractivity contribution in [3.8, 4) is 0 Å². The van der Waals surface area contributed by atoms with Crippen LogP contribution in [0, 0.1) is 6.92 Å². The Balaban J connectivity index is 3.09. The lowest BCUT2D eigenvalue weighted by atomic mass is 10.5. The third-order valence-electron chi connectivity index (χ3n) is 1.10. The first-order valence-electron chi connectivity index (χ1n) is 2.82. The Labute approximate surface area is 68.2 Å². The minimum Gasteiger partial charge on any atom is -0.269 e. The number of imidazole rings is 1. The van der Waals surface area contributed by atoms with Gasteiger partial charge in [0.25, 0.3) is 0 Å². The van der Waals surface area contributed by atoms with Crippen molar-refractivity contribution in [3.63, 3.8) is 0 Å². The van der Waals surface area contributed by atoms with E-state index in [2.05, 4.69) is 33.4 Å². The van der Waals surface area contributed by atoms with E-state index in [-0.39, 0.29) is 0 Å². The first-order valence-corrected chi connectivity index (χ1v) is 3.53. The molecule has 0 aromatic carbocycles. The largest absolute Gasteiger partial charge is 0.269 e. The van der Waals surface area contributed by atoms with E-state index >= 15 is 0 Å². The molecule has 0 spiro atoms. The molecular weight excluding hydrogens is 192 g/mol. The quantitative estimate of drug-likeness (QED) is 0.633. The third-order valence-corrected chi connectivity index (χ3v) is 1.81. The zero-order valence-electron chi connectivity index (χ0n) is 5.63. The lowest BCUT2D eigenvalue weighted by molar-refractivity contribution is 1.11. The molecule has 0 amide bonds. The van der Waals surface area contributed by atoms with E-state index in [0.29, 0.717) is 0 Å². The summed E-state index contributed by atoms with van der Waals surface area (Å²) in [5, 5.41) is 0. The van der Waals surface area contributed by atoms with Gasteiger partial charge in [-0.3, -0.25) is 3.59 Å². The van der Waals surface area contributed by atoms with E-state index in [1.165, 1.54) is 0 Å². The smallest absolute Gasteiger partial charge is 0.116 e. The highest BCUT2D eigenvalue weighted by Gasteiger charge is 1.96. The van der Waals surface area contributed by atoms with E-state index in [9.17, 15) is 0 Å². The summed E-state index contributed by atoms with van der Waals surface area (Å²) in [7, 11) is 0. The van der Waals surface area contributed by atoms with Gasteiger partial charge in [0, 0.05) is 12.3 Å². The molecule has 1 aromatic rings. The van der Waals surface area contributed by atoms with E-state index in [4.69, 9.17) is 0 Å². The first-order chi connectivity index (χ1) is 4.74. The van der Waals surface area contributed by atoms with Crippen molar-refractivity contribution in [2.24, 2.45) is 0 Å². The topological polar surface area (TPSA) is 17.8 Å². The second-order valence-electron chi connectivity index (χ2n) is 1.87. The number of aryl methyl sites for hydroxylation is 1. The predicted molar refractivity (Wildman–Crippen MR) is 44.9 cm³/mol. The summed E-state index contributed by atoms with van der Waals surface area (Å²) in [4.78, 5) is 4.16. The molecule has 0 radical (unpaired) electrons. The molecule has 1 aromatic heterocycles. The Morgan fingerprint density at radius 1 is 1.90 bits per heavy atom. The summed E-state index contributed by atoms with van der Waals surface area (Å²) in [6.45, 7) is 5.36. The molecule has 0 aliphatic heterocycles. The lowest BCUT2D eigenvalue weighted by Crippen LogP contribution is -1.78. The van der Waals surface area contributed by atoms with Gasteiger partial charge in [-0.25, -0.2) is 4.98 Å². The fourth-order valence-electron chi connectivity index (χ4n) is 0.647. The van der Waals surface area contributed by atoms with Crippen LogP contribution in [0.3, 0.4) is 0 Å². The van der Waals surface area contributed by atoms with Gasteiger partial charge in [-0.05, 0) is 6.92 Å². The number of hydrogen-bond acceptors (Lipinski definition) is 1. The highest BCUT2D eigenvalue weighted by molar-refractivity contribution is 9.08. The van der Waals surface area contributed by atoms with Crippen LogP contribution in [-0.4, -0.2) is 8.58 Å². The minimum absolute atomic E-state index is 0.865. The molecule has 0 atom stereocenters. The van der Waals surface area contributed by atoms with Gasteiger partial charge in [0.2, 0.25) is 0 Å². The van der Waals surface area contributed by atoms with Crippen LogP contribution in [0.1, 0.15) is 11.5 Å². The van der Waals surface area contributed by atoms with Crippen molar-refractivity contribution < 1.29 is 0 Å². The van der Waals surface area contributed by atoms with Crippen LogP contribution in [0.15, 0.2) is 18.5 Å². The standard InChI is InChI=1S/C7H7BrN2/c1-3-4-7-5-10(8)6(2)9-7/h4-5H,1H2,2H3. The molecule has 1 rings (SSSR count). The van der Waals surface area contributed by atoms with E-state index < -0.39 is 0 Å². The van der Waals surface area contributed by atoms with Crippen molar-refractivity contribution in [2.45, 2.75) is 6.92 Å². The zero-order chi connectivity index (χ0) is 7.56. The molecule has 0 bridgehead atoms. The maximum atomic E-state index is 4.16. The molecule has 0 aliphatic carbocycles. The van der Waals surface area contributed by atoms with Crippen LogP contribution in [0.25, 0.3) is 6.08 Å². The summed E-state index contributed by atoms with van der Waals surface area (Å²) in [6.07, 6.45) is 3.58. The molecule has 1 heterocycles. The van der Waals surface area contributed by atoms with Gasteiger partial charge in [0.05, 0.1) is 21.8 Å². The Morgan fingerprint density at radius 2 is 2.60 bits per heavy atom. The normalized spacial score (nSPS) is 9.00. The summed E-state index contributed by atoms with van der Waals surface area (Å²) >= 11 is 3.27. The monoisotopic (exact) mass is 198 g/mol. The molecule has 0 aliphatic rings. The van der Waals surface area contributed by atoms with Gasteiger partial charge < -0.3 is 0 Å². The van der Waals surface area contributed by atoms with Crippen molar-refractivity contribution in [1.29, 1.82) is 0 Å². The Morgan fingerprint density at radius 3 is 3.00 bits per heavy atom. The van der Waals surface area contributed by atoms with Gasteiger partial charge in [-0.15, -0.1) is 5.73 Å². The van der Waals surface area contributed by atoms with Gasteiger partial charge in [0.15, 0.2) is 0 Å². The Bertz CT molecular complexity index is 262. The maximum absolute atomic E-state index is 4.16. The van der Waals surface area contributed by atoms with E-state index in [1.807, 2.05) is 13.1 Å². The number of rotatable bonds is 1. The lowest BCUT2D eigenvalue weighted by Gasteiger charge is -1.83. The zero-order valence-corrected chi connectivity index (χ0v) is 7.22. The van der Waals surface area contributed by atoms with E-state index in [0.717, 1.165) is 11.5 Å². The Hall–Kier alpha value is -0.790. The number of nitrogens with zero attached hydrogens (tertiary/aromatic N) is 2. The van der Waals surface area contributed by atoms with Crippen molar-refractivity contribution in [2.75, 3.05) is 0 Å². The second-order valence-corrected chi connectivity index (χ2v) is 2.64. The fourth-order valence-corrected chi connectivity index (χ4v) is 0.936. The maximum Gasteiger partial charge on any atom is 0.116 e. The van der Waals surface area contributed by atoms with Crippen LogP contribution < -0.4 is 0 Å². The molecule has 0 saturated carbocycles. The van der Waals surface area contributed by atoms with Gasteiger partial charge in [-0.1, -0.05) is 6.58 Å². The SMILES string of the molecule is C=C=Cc1cn(Br)c(C)n1. The number of aromatic nitrogens is 2. The summed E-state index contributed by atoms with van der Waals surface area (Å²) in [5.74, 6) is 0.918. The molecule has 52 valence electrons. The molecule has 10 heavy (non-hydrogen) atoms. The number of hydrogen-bond donors (Lipinski definition) is 0. The third kappa shape index (κ3) is 1.38. The summed E-state index contributed by atoms with van der Waals surface area (Å²) < 4.78 is 1.77. The van der Waals surface area contributed by atoms with Gasteiger partial charge in [-0.2, -0.15) is 0 Å². The van der Waals surface area contributed by atoms with E-state index in [1.54, 1.807) is 9.67 Å². The van der Waals surface area contributed by atoms with Crippen molar-refractivity contribution in [3.05, 3.63) is 30.0 Å². The second kappa shape index (κ2) is 2.86. The van der Waals surface area contributed by atoms with Crippen LogP contribution in [0.4, 0.5) is 0 Å².